The third kappa shape index (κ3) is 1.93. The summed E-state index contributed by atoms with van der Waals surface area (Å²) in [4.78, 5) is 0. The van der Waals surface area contributed by atoms with Crippen LogP contribution in [0.5, 0.6) is 0 Å². The fourth-order valence-electron chi connectivity index (χ4n) is 2.66. The zero-order valence-corrected chi connectivity index (χ0v) is 10.7. The molecule has 1 fully saturated rings. The average molecular weight is 245 g/mol. The molecule has 3 nitrogen and oxygen atoms in total. The number of fused-ring (bicyclic) bond motifs is 1. The van der Waals surface area contributed by atoms with Gasteiger partial charge in [0, 0.05) is 12.0 Å². The van der Waals surface area contributed by atoms with Gasteiger partial charge in [-0.1, -0.05) is 18.2 Å². The van der Waals surface area contributed by atoms with E-state index in [1.165, 1.54) is 6.42 Å². The van der Waals surface area contributed by atoms with E-state index in [1.54, 1.807) is 0 Å². The smallest absolute Gasteiger partial charge is 0.134 e. The third-order valence-corrected chi connectivity index (χ3v) is 3.91. The molecule has 3 heteroatoms. The molecular formula is C15H19NO2. The number of benzene rings is 1. The maximum Gasteiger partial charge on any atom is 0.134 e. The topological polar surface area (TPSA) is 48.4 Å². The molecule has 0 saturated carbocycles. The Morgan fingerprint density at radius 1 is 1.28 bits per heavy atom. The van der Waals surface area contributed by atoms with E-state index >= 15 is 0 Å². The highest BCUT2D eigenvalue weighted by Crippen LogP contribution is 2.36. The van der Waals surface area contributed by atoms with Crippen LogP contribution in [0.25, 0.3) is 11.0 Å². The van der Waals surface area contributed by atoms with Crippen LogP contribution in [0.4, 0.5) is 0 Å². The molecule has 1 saturated heterocycles. The van der Waals surface area contributed by atoms with Gasteiger partial charge in [-0.15, -0.1) is 0 Å². The lowest BCUT2D eigenvalue weighted by Gasteiger charge is -2.37. The molecule has 96 valence electrons. The van der Waals surface area contributed by atoms with Crippen molar-refractivity contribution in [2.45, 2.75) is 37.8 Å². The highest BCUT2D eigenvalue weighted by Gasteiger charge is 2.37. The second-order valence-electron chi connectivity index (χ2n) is 5.28. The van der Waals surface area contributed by atoms with Crippen LogP contribution in [0.2, 0.25) is 0 Å². The van der Waals surface area contributed by atoms with Gasteiger partial charge in [-0.25, -0.2) is 0 Å². The van der Waals surface area contributed by atoms with Gasteiger partial charge in [0.1, 0.15) is 11.3 Å². The normalized spacial score (nSPS) is 26.3. The Morgan fingerprint density at radius 2 is 2.11 bits per heavy atom. The minimum absolute atomic E-state index is 0.204. The van der Waals surface area contributed by atoms with E-state index in [-0.39, 0.29) is 11.6 Å². The van der Waals surface area contributed by atoms with Crippen molar-refractivity contribution in [3.8, 4) is 0 Å². The molecule has 2 aromatic rings. The second kappa shape index (κ2) is 4.41. The molecule has 3 rings (SSSR count). The first-order valence-electron chi connectivity index (χ1n) is 6.57. The Labute approximate surface area is 107 Å². The number of hydrogen-bond donors (Lipinski definition) is 1. The lowest BCUT2D eigenvalue weighted by atomic mass is 9.87. The molecule has 1 aromatic carbocycles. The Morgan fingerprint density at radius 3 is 2.83 bits per heavy atom. The molecule has 0 bridgehead atoms. The quantitative estimate of drug-likeness (QED) is 0.882. The summed E-state index contributed by atoms with van der Waals surface area (Å²) in [5, 5.41) is 1.10. The van der Waals surface area contributed by atoms with Gasteiger partial charge in [0.2, 0.25) is 0 Å². The maximum absolute atomic E-state index is 6.35. The summed E-state index contributed by atoms with van der Waals surface area (Å²) in [5.41, 5.74) is 6.94. The minimum Gasteiger partial charge on any atom is -0.459 e. The van der Waals surface area contributed by atoms with E-state index in [0.717, 1.165) is 36.2 Å². The summed E-state index contributed by atoms with van der Waals surface area (Å²) in [6.45, 7) is 2.88. The number of rotatable bonds is 2. The third-order valence-electron chi connectivity index (χ3n) is 3.91. The highest BCUT2D eigenvalue weighted by molar-refractivity contribution is 5.77. The Kier molecular flexibility index (Phi) is 2.88. The largest absolute Gasteiger partial charge is 0.459 e. The van der Waals surface area contributed by atoms with Gasteiger partial charge in [-0.05, 0) is 38.3 Å². The number of hydrogen-bond acceptors (Lipinski definition) is 3. The van der Waals surface area contributed by atoms with Gasteiger partial charge in [0.05, 0.1) is 11.6 Å². The van der Waals surface area contributed by atoms with Crippen molar-refractivity contribution in [3.63, 3.8) is 0 Å². The molecule has 0 spiro atoms. The van der Waals surface area contributed by atoms with Crippen molar-refractivity contribution in [1.82, 2.24) is 0 Å². The fraction of sp³-hybridized carbons (Fsp3) is 0.467. The number of furan rings is 1. The monoisotopic (exact) mass is 245 g/mol. The molecule has 0 radical (unpaired) electrons. The van der Waals surface area contributed by atoms with Crippen molar-refractivity contribution in [1.29, 1.82) is 0 Å². The van der Waals surface area contributed by atoms with Crippen molar-refractivity contribution in [2.75, 3.05) is 6.61 Å². The first-order valence-corrected chi connectivity index (χ1v) is 6.57. The van der Waals surface area contributed by atoms with Gasteiger partial charge in [-0.3, -0.25) is 0 Å². The molecule has 2 atom stereocenters. The van der Waals surface area contributed by atoms with Gasteiger partial charge < -0.3 is 14.9 Å². The average Bonchev–Trinajstić information content (AvgIpc) is 2.82. The molecule has 0 aliphatic carbocycles. The predicted octanol–water partition coefficient (Wildman–Crippen LogP) is 3.39. The second-order valence-corrected chi connectivity index (χ2v) is 5.28. The summed E-state index contributed by atoms with van der Waals surface area (Å²) in [5.74, 6) is 0.820. The van der Waals surface area contributed by atoms with Crippen molar-refractivity contribution in [3.05, 3.63) is 36.1 Å². The SMILES string of the molecule is CC1(C(N)c2cc3ccccc3o2)CCCCO1. The zero-order chi connectivity index (χ0) is 12.6. The van der Waals surface area contributed by atoms with Crippen LogP contribution in [0.15, 0.2) is 34.7 Å². The van der Waals surface area contributed by atoms with E-state index in [4.69, 9.17) is 14.9 Å². The predicted molar refractivity (Wildman–Crippen MR) is 71.4 cm³/mol. The van der Waals surface area contributed by atoms with Crippen molar-refractivity contribution in [2.24, 2.45) is 5.73 Å². The van der Waals surface area contributed by atoms with E-state index in [9.17, 15) is 0 Å². The first-order chi connectivity index (χ1) is 8.69. The van der Waals surface area contributed by atoms with Gasteiger partial charge in [0.15, 0.2) is 0 Å². The van der Waals surface area contributed by atoms with Crippen LogP contribution in [-0.2, 0) is 4.74 Å². The molecule has 1 aliphatic heterocycles. The van der Waals surface area contributed by atoms with E-state index < -0.39 is 0 Å². The Balaban J connectivity index is 1.93. The van der Waals surface area contributed by atoms with Gasteiger partial charge in [-0.2, -0.15) is 0 Å². The number of ether oxygens (including phenoxy) is 1. The van der Waals surface area contributed by atoms with E-state index in [0.29, 0.717) is 0 Å². The lowest BCUT2D eigenvalue weighted by Crippen LogP contribution is -2.43. The van der Waals surface area contributed by atoms with E-state index in [2.05, 4.69) is 6.92 Å². The van der Waals surface area contributed by atoms with Crippen molar-refractivity contribution >= 4 is 11.0 Å². The van der Waals surface area contributed by atoms with Crippen LogP contribution >= 0.6 is 0 Å². The molecule has 2 unspecified atom stereocenters. The molecule has 2 heterocycles. The lowest BCUT2D eigenvalue weighted by molar-refractivity contribution is -0.0852. The molecule has 18 heavy (non-hydrogen) atoms. The van der Waals surface area contributed by atoms with E-state index in [1.807, 2.05) is 30.3 Å². The molecule has 2 N–H and O–H groups in total. The van der Waals surface area contributed by atoms with Crippen LogP contribution in [0.3, 0.4) is 0 Å². The van der Waals surface area contributed by atoms with Crippen LogP contribution in [0, 0.1) is 0 Å². The first kappa shape index (κ1) is 11.8. The number of nitrogens with two attached hydrogens (primary N) is 1. The molecule has 0 amide bonds. The highest BCUT2D eigenvalue weighted by atomic mass is 16.5. The summed E-state index contributed by atoms with van der Waals surface area (Å²) in [7, 11) is 0. The summed E-state index contributed by atoms with van der Waals surface area (Å²) >= 11 is 0. The fourth-order valence-corrected chi connectivity index (χ4v) is 2.66. The minimum atomic E-state index is -0.299. The molecule has 1 aromatic heterocycles. The maximum atomic E-state index is 6.35. The summed E-state index contributed by atoms with van der Waals surface area (Å²) in [6.07, 6.45) is 3.29. The summed E-state index contributed by atoms with van der Waals surface area (Å²) < 4.78 is 11.7. The van der Waals surface area contributed by atoms with Crippen LogP contribution < -0.4 is 5.73 Å². The van der Waals surface area contributed by atoms with Crippen molar-refractivity contribution < 1.29 is 9.15 Å². The Hall–Kier alpha value is -1.32. The van der Waals surface area contributed by atoms with Gasteiger partial charge in [0.25, 0.3) is 0 Å². The molecule has 1 aliphatic rings. The van der Waals surface area contributed by atoms with Crippen LogP contribution in [-0.4, -0.2) is 12.2 Å². The summed E-state index contributed by atoms with van der Waals surface area (Å²) in [6, 6.07) is 9.81. The number of para-hydroxylation sites is 1. The van der Waals surface area contributed by atoms with Gasteiger partial charge >= 0.3 is 0 Å². The Bertz CT molecular complexity index is 507. The zero-order valence-electron chi connectivity index (χ0n) is 10.7. The molecular weight excluding hydrogens is 226 g/mol. The van der Waals surface area contributed by atoms with Crippen LogP contribution in [0.1, 0.15) is 38.0 Å². The standard InChI is InChI=1S/C15H19NO2/c1-15(8-4-5-9-17-15)14(16)13-10-11-6-2-3-7-12(11)18-13/h2-3,6-7,10,14H,4-5,8-9,16H2,1H3.